The van der Waals surface area contributed by atoms with Gasteiger partial charge in [0, 0.05) is 19.6 Å². The molecule has 0 heterocycles. The molecule has 0 unspecified atom stereocenters. The molecule has 0 radical (unpaired) electrons. The average Bonchev–Trinajstić information content (AvgIpc) is 3.04. The fraction of sp³-hybridized carbons (Fsp3) is 0.391. The molecule has 0 fully saturated rings. The highest BCUT2D eigenvalue weighted by Crippen LogP contribution is 2.44. The third kappa shape index (κ3) is 4.27. The van der Waals surface area contributed by atoms with E-state index in [1.54, 1.807) is 6.92 Å². The molecule has 154 valence electrons. The van der Waals surface area contributed by atoms with Crippen molar-refractivity contribution in [3.8, 4) is 11.1 Å². The Bertz CT molecular complexity index is 836. The summed E-state index contributed by atoms with van der Waals surface area (Å²) in [4.78, 5) is 25.4. The zero-order chi connectivity index (χ0) is 21.0. The predicted octanol–water partition coefficient (Wildman–Crippen LogP) is 4.14. The Hall–Kier alpha value is -2.86. The van der Waals surface area contributed by atoms with E-state index in [2.05, 4.69) is 12.1 Å². The lowest BCUT2D eigenvalue weighted by Crippen LogP contribution is -2.50. The molecule has 0 aromatic heterocycles. The molecule has 0 saturated carbocycles. The molecular weight excluding hydrogens is 370 g/mol. The summed E-state index contributed by atoms with van der Waals surface area (Å²) < 4.78 is 11.1. The van der Waals surface area contributed by atoms with Crippen molar-refractivity contribution in [1.29, 1.82) is 0 Å². The van der Waals surface area contributed by atoms with Crippen molar-refractivity contribution >= 4 is 12.1 Å². The molecule has 29 heavy (non-hydrogen) atoms. The highest BCUT2D eigenvalue weighted by atomic mass is 16.6. The van der Waals surface area contributed by atoms with E-state index < -0.39 is 24.2 Å². The van der Waals surface area contributed by atoms with Crippen LogP contribution in [0.2, 0.25) is 0 Å². The van der Waals surface area contributed by atoms with E-state index in [-0.39, 0.29) is 12.5 Å². The smallest absolute Gasteiger partial charge is 0.410 e. The van der Waals surface area contributed by atoms with Gasteiger partial charge in [0.2, 0.25) is 0 Å². The normalized spacial score (nSPS) is 14.6. The minimum absolute atomic E-state index is 0.0724. The molecule has 0 saturated heterocycles. The van der Waals surface area contributed by atoms with Gasteiger partial charge in [-0.15, -0.1) is 0 Å². The summed E-state index contributed by atoms with van der Waals surface area (Å²) in [6.07, 6.45) is -0.546. The largest absolute Gasteiger partial charge is 0.480 e. The van der Waals surface area contributed by atoms with Crippen LogP contribution in [-0.2, 0) is 14.3 Å². The molecule has 0 spiro atoms. The van der Waals surface area contributed by atoms with Gasteiger partial charge in [-0.05, 0) is 35.6 Å². The molecule has 0 aliphatic heterocycles. The van der Waals surface area contributed by atoms with Crippen molar-refractivity contribution in [3.63, 3.8) is 0 Å². The van der Waals surface area contributed by atoms with Gasteiger partial charge in [0.05, 0.1) is 6.10 Å². The van der Waals surface area contributed by atoms with Gasteiger partial charge in [0.1, 0.15) is 6.61 Å². The van der Waals surface area contributed by atoms with Gasteiger partial charge in [0.15, 0.2) is 6.04 Å². The maximum atomic E-state index is 12.6. The maximum absolute atomic E-state index is 12.6. The van der Waals surface area contributed by atoms with Crippen LogP contribution in [0.25, 0.3) is 11.1 Å². The number of hydrogen-bond donors (Lipinski definition) is 1. The number of carbonyl (C=O) groups is 2. The number of carbonyl (C=O) groups excluding carboxylic acids is 1. The van der Waals surface area contributed by atoms with Gasteiger partial charge in [-0.3, -0.25) is 4.90 Å². The first-order valence-electron chi connectivity index (χ1n) is 9.87. The van der Waals surface area contributed by atoms with E-state index in [9.17, 15) is 14.7 Å². The zero-order valence-electron chi connectivity index (χ0n) is 17.0. The molecule has 1 N–H and O–H groups in total. The second-order valence-corrected chi connectivity index (χ2v) is 7.27. The summed E-state index contributed by atoms with van der Waals surface area (Å²) in [6.45, 7) is 4.18. The van der Waals surface area contributed by atoms with Gasteiger partial charge < -0.3 is 14.6 Å². The van der Waals surface area contributed by atoms with Gasteiger partial charge in [0.25, 0.3) is 0 Å². The molecular formula is C23H27NO5. The van der Waals surface area contributed by atoms with Crippen LogP contribution in [0.15, 0.2) is 48.5 Å². The van der Waals surface area contributed by atoms with Crippen LogP contribution in [-0.4, -0.2) is 54.5 Å². The third-order valence-electron chi connectivity index (χ3n) is 5.32. The Labute approximate surface area is 171 Å². The molecule has 1 amide bonds. The quantitative estimate of drug-likeness (QED) is 0.725. The fourth-order valence-corrected chi connectivity index (χ4v) is 3.89. The minimum Gasteiger partial charge on any atom is -0.480 e. The summed E-state index contributed by atoms with van der Waals surface area (Å²) in [5.74, 6) is -1.19. The van der Waals surface area contributed by atoms with Crippen LogP contribution < -0.4 is 0 Å². The summed E-state index contributed by atoms with van der Waals surface area (Å²) in [5, 5.41) is 9.57. The molecule has 2 atom stereocenters. The summed E-state index contributed by atoms with van der Waals surface area (Å²) in [7, 11) is 1.43. The molecule has 1 aliphatic rings. The van der Waals surface area contributed by atoms with Gasteiger partial charge in [-0.2, -0.15) is 0 Å². The van der Waals surface area contributed by atoms with E-state index in [4.69, 9.17) is 9.47 Å². The SMILES string of the molecule is CCCO[C@H](C)[C@@H](C(=O)O)N(C)C(=O)OCC1c2ccccc2-c2ccccc21. The van der Waals surface area contributed by atoms with E-state index in [0.29, 0.717) is 6.61 Å². The number of ether oxygens (including phenoxy) is 2. The summed E-state index contributed by atoms with van der Waals surface area (Å²) >= 11 is 0. The number of likely N-dealkylation sites (N-methyl/N-ethyl adjacent to an activating group) is 1. The van der Waals surface area contributed by atoms with Gasteiger partial charge in [-0.25, -0.2) is 9.59 Å². The second kappa shape index (κ2) is 9.09. The van der Waals surface area contributed by atoms with Crippen molar-refractivity contribution < 1.29 is 24.2 Å². The minimum atomic E-state index is -1.12. The predicted molar refractivity (Wildman–Crippen MR) is 110 cm³/mol. The van der Waals surface area contributed by atoms with Crippen molar-refractivity contribution in [3.05, 3.63) is 59.7 Å². The molecule has 0 bridgehead atoms. The van der Waals surface area contributed by atoms with Crippen molar-refractivity contribution in [1.82, 2.24) is 4.90 Å². The molecule has 2 aromatic rings. The fourth-order valence-electron chi connectivity index (χ4n) is 3.89. The van der Waals surface area contributed by atoms with Crippen LogP contribution in [0.5, 0.6) is 0 Å². The van der Waals surface area contributed by atoms with Crippen LogP contribution >= 0.6 is 0 Å². The molecule has 2 aromatic carbocycles. The topological polar surface area (TPSA) is 76.1 Å². The number of aliphatic carboxylic acids is 1. The molecule has 6 nitrogen and oxygen atoms in total. The number of rotatable bonds is 8. The number of nitrogens with zero attached hydrogens (tertiary/aromatic N) is 1. The van der Waals surface area contributed by atoms with E-state index in [1.807, 2.05) is 43.3 Å². The van der Waals surface area contributed by atoms with Crippen LogP contribution in [0, 0.1) is 0 Å². The first-order chi connectivity index (χ1) is 14.0. The number of carboxylic acids is 1. The van der Waals surface area contributed by atoms with E-state index in [0.717, 1.165) is 33.6 Å². The number of hydrogen-bond acceptors (Lipinski definition) is 4. The number of fused-ring (bicyclic) bond motifs is 3. The van der Waals surface area contributed by atoms with Crippen molar-refractivity contribution in [2.75, 3.05) is 20.3 Å². The molecule has 3 rings (SSSR count). The monoisotopic (exact) mass is 397 g/mol. The lowest BCUT2D eigenvalue weighted by atomic mass is 9.98. The van der Waals surface area contributed by atoms with Crippen molar-refractivity contribution in [2.24, 2.45) is 0 Å². The first-order valence-corrected chi connectivity index (χ1v) is 9.87. The Balaban J connectivity index is 1.72. The lowest BCUT2D eigenvalue weighted by molar-refractivity contribution is -0.147. The number of benzene rings is 2. The number of carboxylic acid groups (broad SMARTS) is 1. The second-order valence-electron chi connectivity index (χ2n) is 7.27. The Morgan fingerprint density at radius 2 is 1.62 bits per heavy atom. The number of amides is 1. The zero-order valence-corrected chi connectivity index (χ0v) is 17.0. The lowest BCUT2D eigenvalue weighted by Gasteiger charge is -2.29. The van der Waals surface area contributed by atoms with E-state index in [1.165, 1.54) is 7.05 Å². The highest BCUT2D eigenvalue weighted by molar-refractivity contribution is 5.81. The summed E-state index contributed by atoms with van der Waals surface area (Å²) in [5.41, 5.74) is 4.50. The molecule has 1 aliphatic carbocycles. The van der Waals surface area contributed by atoms with Crippen LogP contribution in [0.4, 0.5) is 4.79 Å². The van der Waals surface area contributed by atoms with E-state index >= 15 is 0 Å². The molecule has 6 heteroatoms. The Morgan fingerprint density at radius 3 is 2.14 bits per heavy atom. The Kier molecular flexibility index (Phi) is 6.54. The first kappa shape index (κ1) is 20.9. The van der Waals surface area contributed by atoms with Crippen LogP contribution in [0.3, 0.4) is 0 Å². The highest BCUT2D eigenvalue weighted by Gasteiger charge is 2.35. The maximum Gasteiger partial charge on any atom is 0.410 e. The van der Waals surface area contributed by atoms with Gasteiger partial charge in [-0.1, -0.05) is 55.5 Å². The third-order valence-corrected chi connectivity index (χ3v) is 5.32. The van der Waals surface area contributed by atoms with Crippen molar-refractivity contribution in [2.45, 2.75) is 38.3 Å². The summed E-state index contributed by atoms with van der Waals surface area (Å²) in [6, 6.07) is 15.0. The average molecular weight is 397 g/mol. The van der Waals surface area contributed by atoms with Gasteiger partial charge >= 0.3 is 12.1 Å². The standard InChI is InChI=1S/C23H27NO5/c1-4-13-28-15(2)21(22(25)26)24(3)23(27)29-14-20-18-11-7-5-9-16(18)17-10-6-8-12-19(17)20/h5-12,15,20-21H,4,13-14H2,1-3H3,(H,25,26)/t15-,21+/m1/s1. The Morgan fingerprint density at radius 1 is 1.07 bits per heavy atom. The van der Waals surface area contributed by atoms with Crippen LogP contribution in [0.1, 0.15) is 37.3 Å².